The predicted molar refractivity (Wildman–Crippen MR) is 72.8 cm³/mol. The van der Waals surface area contributed by atoms with Gasteiger partial charge in [-0.05, 0) is 46.1 Å². The van der Waals surface area contributed by atoms with E-state index in [9.17, 15) is 9.59 Å². The van der Waals surface area contributed by atoms with Crippen LogP contribution in [0.4, 0.5) is 4.79 Å². The van der Waals surface area contributed by atoms with Gasteiger partial charge in [0.1, 0.15) is 11.4 Å². The molecular formula is C15H23NO3. The number of hydrogen-bond donors (Lipinski definition) is 0. The first-order valence-electron chi connectivity index (χ1n) is 6.87. The molecule has 4 nitrogen and oxygen atoms in total. The Morgan fingerprint density at radius 3 is 2.68 bits per heavy atom. The van der Waals surface area contributed by atoms with Crippen LogP contribution < -0.4 is 0 Å². The molecule has 0 unspecified atom stereocenters. The van der Waals surface area contributed by atoms with Crippen LogP contribution in [0.5, 0.6) is 0 Å². The Balaban J connectivity index is 2.23. The van der Waals surface area contributed by atoms with E-state index in [4.69, 9.17) is 4.74 Å². The van der Waals surface area contributed by atoms with Gasteiger partial charge in [-0.25, -0.2) is 4.79 Å². The summed E-state index contributed by atoms with van der Waals surface area (Å²) in [4.78, 5) is 26.2. The summed E-state index contributed by atoms with van der Waals surface area (Å²) in [5.41, 5.74) is -0.251. The first kappa shape index (κ1) is 14.1. The molecular weight excluding hydrogens is 242 g/mol. The highest BCUT2D eigenvalue weighted by atomic mass is 16.6. The smallest absolute Gasteiger partial charge is 0.410 e. The second-order valence-electron chi connectivity index (χ2n) is 6.75. The fraction of sp³-hybridized carbons (Fsp3) is 0.733. The molecule has 0 aromatic heterocycles. The summed E-state index contributed by atoms with van der Waals surface area (Å²) in [5, 5.41) is 0. The highest BCUT2D eigenvalue weighted by Gasteiger charge is 2.54. The van der Waals surface area contributed by atoms with Crippen molar-refractivity contribution in [1.82, 2.24) is 4.90 Å². The molecule has 1 amide bonds. The molecule has 1 aliphatic carbocycles. The average molecular weight is 265 g/mol. The fourth-order valence-corrected chi connectivity index (χ4v) is 3.08. The number of nitrogens with zero attached hydrogens (tertiary/aromatic N) is 1. The molecule has 0 spiro atoms. The van der Waals surface area contributed by atoms with Crippen LogP contribution in [0, 0.1) is 5.41 Å². The molecule has 0 aromatic rings. The zero-order chi connectivity index (χ0) is 14.4. The second kappa shape index (κ2) is 4.36. The molecule has 1 heterocycles. The van der Waals surface area contributed by atoms with Crippen molar-refractivity contribution < 1.29 is 14.3 Å². The number of ketones is 1. The lowest BCUT2D eigenvalue weighted by atomic mass is 9.69. The summed E-state index contributed by atoms with van der Waals surface area (Å²) in [7, 11) is 0. The molecule has 2 aliphatic rings. The summed E-state index contributed by atoms with van der Waals surface area (Å²) in [5.74, 6) is 0.208. The van der Waals surface area contributed by atoms with Crippen LogP contribution in [0.1, 0.15) is 47.0 Å². The van der Waals surface area contributed by atoms with E-state index in [1.807, 2.05) is 27.7 Å². The average Bonchev–Trinajstić information content (AvgIpc) is 2.52. The standard InChI is InChI=1S/C15H23NO3/c1-10-9-16(13(18)19-14(2,3)4)11-7-6-8-12(17)15(10,11)5/h11H,1,6-9H2,2-5H3/t11-,15-/m1/s1. The largest absolute Gasteiger partial charge is 0.444 e. The number of fused-ring (bicyclic) bond motifs is 1. The Morgan fingerprint density at radius 1 is 1.47 bits per heavy atom. The molecule has 2 fully saturated rings. The number of likely N-dealkylation sites (tertiary alicyclic amines) is 1. The van der Waals surface area contributed by atoms with Crippen LogP contribution in [-0.2, 0) is 9.53 Å². The number of carbonyl (C=O) groups excluding carboxylic acids is 2. The fourth-order valence-electron chi connectivity index (χ4n) is 3.08. The Labute approximate surface area is 114 Å². The van der Waals surface area contributed by atoms with E-state index in [0.717, 1.165) is 18.4 Å². The summed E-state index contributed by atoms with van der Waals surface area (Å²) in [6, 6.07) is -0.0869. The van der Waals surface area contributed by atoms with Crippen LogP contribution in [0.25, 0.3) is 0 Å². The van der Waals surface area contributed by atoms with E-state index < -0.39 is 11.0 Å². The Hall–Kier alpha value is -1.32. The molecule has 1 saturated carbocycles. The Bertz CT molecular complexity index is 435. The van der Waals surface area contributed by atoms with E-state index in [1.165, 1.54) is 0 Å². The molecule has 19 heavy (non-hydrogen) atoms. The van der Waals surface area contributed by atoms with E-state index in [0.29, 0.717) is 13.0 Å². The number of Topliss-reactive ketones (excluding diaryl/α,β-unsaturated/α-hetero) is 1. The van der Waals surface area contributed by atoms with Crippen molar-refractivity contribution in [1.29, 1.82) is 0 Å². The van der Waals surface area contributed by atoms with Gasteiger partial charge in [-0.3, -0.25) is 9.69 Å². The number of hydrogen-bond acceptors (Lipinski definition) is 3. The lowest BCUT2D eigenvalue weighted by Gasteiger charge is -2.38. The van der Waals surface area contributed by atoms with Crippen LogP contribution in [0.3, 0.4) is 0 Å². The minimum atomic E-state index is -0.574. The molecule has 1 aliphatic heterocycles. The van der Waals surface area contributed by atoms with Crippen LogP contribution >= 0.6 is 0 Å². The number of carbonyl (C=O) groups is 2. The van der Waals surface area contributed by atoms with E-state index >= 15 is 0 Å². The predicted octanol–water partition coefficient (Wildman–Crippen LogP) is 2.92. The maximum atomic E-state index is 12.3. The minimum absolute atomic E-state index is 0.0869. The summed E-state index contributed by atoms with van der Waals surface area (Å²) < 4.78 is 5.43. The van der Waals surface area contributed by atoms with Gasteiger partial charge in [-0.15, -0.1) is 0 Å². The monoisotopic (exact) mass is 265 g/mol. The van der Waals surface area contributed by atoms with Gasteiger partial charge in [-0.2, -0.15) is 0 Å². The van der Waals surface area contributed by atoms with Gasteiger partial charge in [-0.1, -0.05) is 6.58 Å². The van der Waals surface area contributed by atoms with Gasteiger partial charge < -0.3 is 4.74 Å². The highest BCUT2D eigenvalue weighted by molar-refractivity contribution is 5.91. The molecule has 0 N–H and O–H groups in total. The number of ether oxygens (including phenoxy) is 1. The van der Waals surface area contributed by atoms with Crippen molar-refractivity contribution >= 4 is 11.9 Å². The van der Waals surface area contributed by atoms with Crippen molar-refractivity contribution in [3.05, 3.63) is 12.2 Å². The van der Waals surface area contributed by atoms with Gasteiger partial charge in [0.05, 0.1) is 11.5 Å². The van der Waals surface area contributed by atoms with Crippen molar-refractivity contribution in [2.45, 2.75) is 58.6 Å². The van der Waals surface area contributed by atoms with Gasteiger partial charge in [0, 0.05) is 13.0 Å². The van der Waals surface area contributed by atoms with Crippen LogP contribution in [0.15, 0.2) is 12.2 Å². The first-order chi connectivity index (χ1) is 8.66. The third kappa shape index (κ3) is 2.28. The topological polar surface area (TPSA) is 46.6 Å². The number of amides is 1. The van der Waals surface area contributed by atoms with Crippen molar-refractivity contribution in [3.63, 3.8) is 0 Å². The molecule has 2 rings (SSSR count). The second-order valence-corrected chi connectivity index (χ2v) is 6.75. The zero-order valence-electron chi connectivity index (χ0n) is 12.3. The minimum Gasteiger partial charge on any atom is -0.444 e. The molecule has 106 valence electrons. The van der Waals surface area contributed by atoms with Gasteiger partial charge >= 0.3 is 6.09 Å². The Kier molecular flexibility index (Phi) is 3.23. The van der Waals surface area contributed by atoms with Crippen molar-refractivity contribution in [3.8, 4) is 0 Å². The SMILES string of the molecule is C=C1CN(C(=O)OC(C)(C)C)[C@@H]2CCCC(=O)[C@]12C. The molecule has 0 radical (unpaired) electrons. The quantitative estimate of drug-likeness (QED) is 0.633. The van der Waals surface area contributed by atoms with E-state index in [1.54, 1.807) is 4.90 Å². The maximum absolute atomic E-state index is 12.3. The molecule has 1 saturated heterocycles. The molecule has 2 atom stereocenters. The first-order valence-corrected chi connectivity index (χ1v) is 6.87. The Morgan fingerprint density at radius 2 is 2.11 bits per heavy atom. The van der Waals surface area contributed by atoms with E-state index in [-0.39, 0.29) is 17.9 Å². The molecule has 0 aromatic carbocycles. The summed E-state index contributed by atoms with van der Waals surface area (Å²) in [6.45, 7) is 11.9. The highest BCUT2D eigenvalue weighted by Crippen LogP contribution is 2.47. The lowest BCUT2D eigenvalue weighted by Crippen LogP contribution is -2.49. The molecule has 0 bridgehead atoms. The van der Waals surface area contributed by atoms with Crippen molar-refractivity contribution in [2.24, 2.45) is 5.41 Å². The summed E-state index contributed by atoms with van der Waals surface area (Å²) in [6.07, 6.45) is 1.94. The van der Waals surface area contributed by atoms with Gasteiger partial charge in [0.15, 0.2) is 0 Å². The third-order valence-electron chi connectivity index (χ3n) is 4.23. The van der Waals surface area contributed by atoms with Gasteiger partial charge in [0.2, 0.25) is 0 Å². The van der Waals surface area contributed by atoms with Gasteiger partial charge in [0.25, 0.3) is 0 Å². The normalized spacial score (nSPS) is 31.4. The molecule has 4 heteroatoms. The zero-order valence-corrected chi connectivity index (χ0v) is 12.3. The van der Waals surface area contributed by atoms with Crippen LogP contribution in [0.2, 0.25) is 0 Å². The summed E-state index contributed by atoms with van der Waals surface area (Å²) >= 11 is 0. The number of rotatable bonds is 0. The van der Waals surface area contributed by atoms with Crippen LogP contribution in [-0.4, -0.2) is 35.0 Å². The maximum Gasteiger partial charge on any atom is 0.410 e. The van der Waals surface area contributed by atoms with Crippen molar-refractivity contribution in [2.75, 3.05) is 6.54 Å². The van der Waals surface area contributed by atoms with E-state index in [2.05, 4.69) is 6.58 Å². The third-order valence-corrected chi connectivity index (χ3v) is 4.23. The lowest BCUT2D eigenvalue weighted by molar-refractivity contribution is -0.129.